The van der Waals surface area contributed by atoms with Gasteiger partial charge in [-0.05, 0) is 54.5 Å². The number of carbonyl (C=O) groups is 1. The Balaban J connectivity index is 1.76. The van der Waals surface area contributed by atoms with Crippen molar-refractivity contribution in [1.82, 2.24) is 5.32 Å². The summed E-state index contributed by atoms with van der Waals surface area (Å²) in [4.78, 5) is 12.4. The molecule has 0 bridgehead atoms. The summed E-state index contributed by atoms with van der Waals surface area (Å²) in [5.74, 6) is 0.0272. The van der Waals surface area contributed by atoms with Crippen LogP contribution in [-0.2, 0) is 12.8 Å². The summed E-state index contributed by atoms with van der Waals surface area (Å²) >= 11 is 0. The van der Waals surface area contributed by atoms with Gasteiger partial charge in [0, 0.05) is 5.56 Å². The Morgan fingerprint density at radius 2 is 1.90 bits per heavy atom. The van der Waals surface area contributed by atoms with Gasteiger partial charge in [-0.25, -0.2) is 0 Å². The second-order valence-electron chi connectivity index (χ2n) is 5.67. The van der Waals surface area contributed by atoms with Crippen LogP contribution in [0, 0.1) is 0 Å². The van der Waals surface area contributed by atoms with Crippen molar-refractivity contribution in [3.05, 3.63) is 70.8 Å². The molecule has 0 aromatic heterocycles. The van der Waals surface area contributed by atoms with Crippen LogP contribution in [0.5, 0.6) is 0 Å². The molecule has 0 saturated heterocycles. The van der Waals surface area contributed by atoms with Gasteiger partial charge < -0.3 is 5.32 Å². The molecule has 0 aliphatic heterocycles. The number of rotatable bonds is 3. The lowest BCUT2D eigenvalue weighted by molar-refractivity contribution is 0.0933. The molecule has 2 heteroatoms. The van der Waals surface area contributed by atoms with Crippen LogP contribution in [0.3, 0.4) is 0 Å². The number of fused-ring (bicyclic) bond motifs is 1. The first-order valence-electron chi connectivity index (χ1n) is 7.75. The Bertz CT molecular complexity index is 630. The molecule has 0 saturated carbocycles. The minimum Gasteiger partial charge on any atom is -0.345 e. The van der Waals surface area contributed by atoms with Gasteiger partial charge in [0.15, 0.2) is 0 Å². The normalized spacial score (nSPS) is 17.1. The molecule has 2 aromatic rings. The number of benzene rings is 2. The van der Waals surface area contributed by atoms with Crippen LogP contribution in [-0.4, -0.2) is 5.91 Å². The zero-order chi connectivity index (χ0) is 14.7. The van der Waals surface area contributed by atoms with E-state index in [0.717, 1.165) is 31.2 Å². The maximum Gasteiger partial charge on any atom is 0.251 e. The van der Waals surface area contributed by atoms with Crippen LogP contribution in [0.15, 0.2) is 48.5 Å². The highest BCUT2D eigenvalue weighted by Crippen LogP contribution is 2.29. The first kappa shape index (κ1) is 13.9. The molecule has 3 rings (SSSR count). The molecule has 1 atom stereocenters. The highest BCUT2D eigenvalue weighted by molar-refractivity contribution is 5.94. The minimum atomic E-state index is 0.0272. The van der Waals surface area contributed by atoms with Crippen molar-refractivity contribution >= 4 is 5.91 Å². The number of hydrogen-bond acceptors (Lipinski definition) is 1. The van der Waals surface area contributed by atoms with Crippen LogP contribution >= 0.6 is 0 Å². The Hall–Kier alpha value is -2.09. The lowest BCUT2D eigenvalue weighted by Crippen LogP contribution is -2.30. The van der Waals surface area contributed by atoms with Gasteiger partial charge in [-0.3, -0.25) is 4.79 Å². The predicted octanol–water partition coefficient (Wildman–Crippen LogP) is 4.06. The Morgan fingerprint density at radius 3 is 2.67 bits per heavy atom. The summed E-state index contributed by atoms with van der Waals surface area (Å²) in [7, 11) is 0. The average Bonchev–Trinajstić information content (AvgIpc) is 2.55. The van der Waals surface area contributed by atoms with Crippen molar-refractivity contribution in [3.8, 4) is 0 Å². The molecule has 108 valence electrons. The average molecular weight is 279 g/mol. The first-order chi connectivity index (χ1) is 10.3. The molecule has 21 heavy (non-hydrogen) atoms. The maximum absolute atomic E-state index is 12.4. The monoisotopic (exact) mass is 279 g/mol. The summed E-state index contributed by atoms with van der Waals surface area (Å²) < 4.78 is 0. The lowest BCUT2D eigenvalue weighted by Gasteiger charge is -2.26. The van der Waals surface area contributed by atoms with E-state index in [2.05, 4.69) is 36.5 Å². The van der Waals surface area contributed by atoms with Gasteiger partial charge in [0.25, 0.3) is 5.91 Å². The van der Waals surface area contributed by atoms with Crippen molar-refractivity contribution in [2.45, 2.75) is 38.6 Å². The molecule has 1 N–H and O–H groups in total. The van der Waals surface area contributed by atoms with Gasteiger partial charge in [-0.1, -0.05) is 43.3 Å². The van der Waals surface area contributed by atoms with Crippen LogP contribution < -0.4 is 5.32 Å². The highest BCUT2D eigenvalue weighted by atomic mass is 16.1. The number of carbonyl (C=O) groups excluding carboxylic acids is 1. The minimum absolute atomic E-state index is 0.0272. The van der Waals surface area contributed by atoms with Crippen LogP contribution in [0.1, 0.15) is 52.9 Å². The van der Waals surface area contributed by atoms with E-state index in [-0.39, 0.29) is 11.9 Å². The topological polar surface area (TPSA) is 29.1 Å². The Morgan fingerprint density at radius 1 is 1.14 bits per heavy atom. The molecule has 0 spiro atoms. The largest absolute Gasteiger partial charge is 0.345 e. The van der Waals surface area contributed by atoms with Crippen molar-refractivity contribution in [1.29, 1.82) is 0 Å². The third kappa shape index (κ3) is 2.99. The summed E-state index contributed by atoms with van der Waals surface area (Å²) in [5, 5.41) is 3.19. The van der Waals surface area contributed by atoms with E-state index < -0.39 is 0 Å². The highest BCUT2D eigenvalue weighted by Gasteiger charge is 2.21. The molecule has 1 amide bonds. The second kappa shape index (κ2) is 6.13. The fourth-order valence-corrected chi connectivity index (χ4v) is 3.04. The summed E-state index contributed by atoms with van der Waals surface area (Å²) in [6, 6.07) is 16.5. The molecule has 0 radical (unpaired) electrons. The van der Waals surface area contributed by atoms with E-state index in [4.69, 9.17) is 0 Å². The van der Waals surface area contributed by atoms with Crippen LogP contribution in [0.4, 0.5) is 0 Å². The van der Waals surface area contributed by atoms with Crippen molar-refractivity contribution in [2.24, 2.45) is 0 Å². The standard InChI is InChI=1S/C19H21NO/c1-2-14-10-12-16(13-11-14)19(21)20-18-9-5-7-15-6-3-4-8-17(15)18/h3-4,6,8,10-13,18H,2,5,7,9H2,1H3,(H,20,21)/t18-/m0/s1. The molecule has 1 aliphatic carbocycles. The molecular weight excluding hydrogens is 258 g/mol. The predicted molar refractivity (Wildman–Crippen MR) is 85.4 cm³/mol. The zero-order valence-electron chi connectivity index (χ0n) is 12.4. The van der Waals surface area contributed by atoms with Gasteiger partial charge in [-0.15, -0.1) is 0 Å². The molecular formula is C19H21NO. The molecule has 0 heterocycles. The summed E-state index contributed by atoms with van der Waals surface area (Å²) in [6.45, 7) is 2.12. The fraction of sp³-hybridized carbons (Fsp3) is 0.316. The maximum atomic E-state index is 12.4. The van der Waals surface area contributed by atoms with E-state index in [1.807, 2.05) is 24.3 Å². The van der Waals surface area contributed by atoms with E-state index in [9.17, 15) is 4.79 Å². The van der Waals surface area contributed by atoms with Gasteiger partial charge in [0.05, 0.1) is 6.04 Å². The SMILES string of the molecule is CCc1ccc(C(=O)N[C@H]2CCCc3ccccc32)cc1. The van der Waals surface area contributed by atoms with Gasteiger partial charge in [0.1, 0.15) is 0 Å². The number of amides is 1. The number of nitrogens with one attached hydrogen (secondary N) is 1. The number of aryl methyl sites for hydroxylation is 2. The third-order valence-corrected chi connectivity index (χ3v) is 4.30. The first-order valence-corrected chi connectivity index (χ1v) is 7.75. The van der Waals surface area contributed by atoms with E-state index in [1.165, 1.54) is 16.7 Å². The van der Waals surface area contributed by atoms with Crippen molar-refractivity contribution in [3.63, 3.8) is 0 Å². The zero-order valence-corrected chi connectivity index (χ0v) is 12.4. The van der Waals surface area contributed by atoms with Crippen LogP contribution in [0.25, 0.3) is 0 Å². The molecule has 0 unspecified atom stereocenters. The third-order valence-electron chi connectivity index (χ3n) is 4.30. The van der Waals surface area contributed by atoms with E-state index in [1.54, 1.807) is 0 Å². The van der Waals surface area contributed by atoms with Crippen molar-refractivity contribution in [2.75, 3.05) is 0 Å². The Labute approximate surface area is 126 Å². The fourth-order valence-electron chi connectivity index (χ4n) is 3.04. The van der Waals surface area contributed by atoms with Crippen LogP contribution in [0.2, 0.25) is 0 Å². The van der Waals surface area contributed by atoms with E-state index in [0.29, 0.717) is 0 Å². The molecule has 2 nitrogen and oxygen atoms in total. The van der Waals surface area contributed by atoms with Gasteiger partial charge >= 0.3 is 0 Å². The summed E-state index contributed by atoms with van der Waals surface area (Å²) in [5.41, 5.74) is 4.66. The smallest absolute Gasteiger partial charge is 0.251 e. The van der Waals surface area contributed by atoms with E-state index >= 15 is 0 Å². The summed E-state index contributed by atoms with van der Waals surface area (Å²) in [6.07, 6.45) is 4.28. The Kier molecular flexibility index (Phi) is 4.05. The van der Waals surface area contributed by atoms with Crippen molar-refractivity contribution < 1.29 is 4.79 Å². The molecule has 0 fully saturated rings. The number of hydrogen-bond donors (Lipinski definition) is 1. The second-order valence-corrected chi connectivity index (χ2v) is 5.67. The molecule has 1 aliphatic rings. The lowest BCUT2D eigenvalue weighted by atomic mass is 9.87. The van der Waals surface area contributed by atoms with Gasteiger partial charge in [0.2, 0.25) is 0 Å². The molecule has 2 aromatic carbocycles. The van der Waals surface area contributed by atoms with Gasteiger partial charge in [-0.2, -0.15) is 0 Å². The quantitative estimate of drug-likeness (QED) is 0.902.